The molecule has 4 aliphatic rings. The average molecular weight is 966 g/mol. The van der Waals surface area contributed by atoms with Crippen molar-refractivity contribution in [3.8, 4) is 46.0 Å². The number of carbonyl (C=O) groups is 1. The Morgan fingerprint density at radius 2 is 1.34 bits per heavy atom. The number of fused-ring (bicyclic) bond motifs is 1. The van der Waals surface area contributed by atoms with E-state index in [9.17, 15) is 71.2 Å². The van der Waals surface area contributed by atoms with Crippen LogP contribution in [-0.2, 0) is 33.2 Å². The summed E-state index contributed by atoms with van der Waals surface area (Å²) >= 11 is 0. The Balaban J connectivity index is 1.10. The predicted octanol–water partition coefficient (Wildman–Crippen LogP) is -2.03. The predicted molar refractivity (Wildman–Crippen MR) is 225 cm³/mol. The van der Waals surface area contributed by atoms with Crippen LogP contribution in [0.5, 0.6) is 46.0 Å². The number of benzene rings is 3. The van der Waals surface area contributed by atoms with Crippen LogP contribution in [0.2, 0.25) is 0 Å². The molecule has 14 N–H and O–H groups in total. The van der Waals surface area contributed by atoms with E-state index >= 15 is 0 Å². The standard InChI is InChI=1S/C44H52O24/c1-16-40(68-30(49)7-5-17-4-6-21(47)25(8-17)59-2)36(55)39(58)42(62-16)61-15-29-33(52)35(54)38(57)44(67-29)65-27-13-20-23(63-41(27)18-9-22(48)31(50)26(10-18)60-3)11-19(46)12-24(20)64-43-37(56)34(53)32(51)28(14-45)66-43/h4-13,16,28-29,32-48,50-58H,14-15H2,1-3H3/p+1/b7-5+/t16-,28+,29+,32-,33-,34-,35-,36-,37+,38+,39-,40-,41?,42+,43+,44+/m0/s1. The van der Waals surface area contributed by atoms with Gasteiger partial charge in [0.25, 0.3) is 11.9 Å². The first-order chi connectivity index (χ1) is 32.3. The SMILES string of the molecule is COc1cc(/C=C/C(=O)O[C@@H]2[C@@H](O)[C@H](O)[C@H](OC[C@H]3O[C@@H](OC4=Cc5c(O[C@@H]6O[C@H](CO)[C@H](O)[C@H](O)[C@H]6O)cc(O)cc5[OH+]C4c4cc(O)c(O)c(OC)c4)[C@H](O)[C@@H](O)[C@H]3O)O[C@H]2C)ccc1O. The fourth-order valence-electron chi connectivity index (χ4n) is 7.84. The Kier molecular flexibility index (Phi) is 15.4. The van der Waals surface area contributed by atoms with Crippen molar-refractivity contribution < 1.29 is 119 Å². The summed E-state index contributed by atoms with van der Waals surface area (Å²) in [5, 5.41) is 138. The van der Waals surface area contributed by atoms with Crippen molar-refractivity contribution in [1.82, 2.24) is 0 Å². The largest absolute Gasteiger partial charge is 0.571 e. The summed E-state index contributed by atoms with van der Waals surface area (Å²) < 4.78 is 55.2. The van der Waals surface area contributed by atoms with Crippen LogP contribution in [0.3, 0.4) is 0 Å². The van der Waals surface area contributed by atoms with Crippen molar-refractivity contribution in [3.63, 3.8) is 0 Å². The van der Waals surface area contributed by atoms with Crippen molar-refractivity contribution >= 4 is 18.1 Å². The highest BCUT2D eigenvalue weighted by atomic mass is 16.7. The van der Waals surface area contributed by atoms with E-state index in [0.717, 1.165) is 18.2 Å². The number of methoxy groups -OCH3 is 2. The summed E-state index contributed by atoms with van der Waals surface area (Å²) in [4.78, 5) is 12.7. The second kappa shape index (κ2) is 20.9. The molecule has 0 aromatic heterocycles. The summed E-state index contributed by atoms with van der Waals surface area (Å²) in [6, 6.07) is 9.01. The molecule has 3 aromatic carbocycles. The molecule has 7 rings (SSSR count). The maximum atomic E-state index is 12.7. The smallest absolute Gasteiger partial charge is 0.331 e. The van der Waals surface area contributed by atoms with Gasteiger partial charge >= 0.3 is 5.97 Å². The van der Waals surface area contributed by atoms with Crippen molar-refractivity contribution in [2.24, 2.45) is 0 Å². The van der Waals surface area contributed by atoms with E-state index < -0.39 is 135 Å². The molecule has 24 nitrogen and oxygen atoms in total. The van der Waals surface area contributed by atoms with E-state index in [1.807, 2.05) is 0 Å². The third-order valence-corrected chi connectivity index (χ3v) is 11.6. The molecule has 0 saturated carbocycles. The zero-order valence-electron chi connectivity index (χ0n) is 36.3. The van der Waals surface area contributed by atoms with Gasteiger partial charge in [0.05, 0.1) is 45.2 Å². The Labute approximate surface area is 385 Å². The van der Waals surface area contributed by atoms with E-state index in [4.69, 9.17) is 42.6 Å². The fraction of sp³-hybridized carbons (Fsp3) is 0.477. The molecule has 4 heterocycles. The molecule has 24 heteroatoms. The topological polar surface area (TPSA) is 376 Å². The second-order valence-corrected chi connectivity index (χ2v) is 16.2. The normalized spacial score (nSPS) is 33.7. The number of rotatable bonds is 14. The van der Waals surface area contributed by atoms with Crippen LogP contribution in [0, 0.1) is 0 Å². The van der Waals surface area contributed by atoms with Gasteiger partial charge < -0.3 is 114 Å². The summed E-state index contributed by atoms with van der Waals surface area (Å²) in [6.07, 6.45) is -23.1. The van der Waals surface area contributed by atoms with Gasteiger partial charge in [0.2, 0.25) is 18.3 Å². The van der Waals surface area contributed by atoms with E-state index in [-0.39, 0.29) is 45.6 Å². The molecule has 16 atom stereocenters. The van der Waals surface area contributed by atoms with Crippen LogP contribution >= 0.6 is 0 Å². The molecule has 1 unspecified atom stereocenters. The van der Waals surface area contributed by atoms with Crippen molar-refractivity contribution in [1.29, 1.82) is 0 Å². The van der Waals surface area contributed by atoms with Crippen molar-refractivity contribution in [2.45, 2.75) is 105 Å². The number of aromatic hydroxyl groups is 5. The van der Waals surface area contributed by atoms with Gasteiger partial charge in [-0.05, 0) is 42.8 Å². The highest BCUT2D eigenvalue weighted by molar-refractivity contribution is 5.87. The summed E-state index contributed by atoms with van der Waals surface area (Å²) in [7, 11) is 2.57. The lowest BCUT2D eigenvalue weighted by Gasteiger charge is -2.43. The first kappa shape index (κ1) is 50.2. The Morgan fingerprint density at radius 1 is 0.691 bits per heavy atom. The molecule has 0 radical (unpaired) electrons. The molecule has 3 fully saturated rings. The van der Waals surface area contributed by atoms with Crippen molar-refractivity contribution in [3.05, 3.63) is 71.0 Å². The second-order valence-electron chi connectivity index (χ2n) is 16.2. The monoisotopic (exact) mass is 965 g/mol. The summed E-state index contributed by atoms with van der Waals surface area (Å²) in [5.74, 6) is -3.26. The number of hydrogen-bond acceptors (Lipinski definition) is 23. The number of aliphatic hydroxyl groups is 10. The number of hydrogen-bond donors (Lipinski definition) is 13. The first-order valence-corrected chi connectivity index (χ1v) is 21.0. The molecular weight excluding hydrogens is 912 g/mol. The third kappa shape index (κ3) is 10.3. The maximum absolute atomic E-state index is 12.7. The lowest BCUT2D eigenvalue weighted by Crippen LogP contribution is -2.61. The highest BCUT2D eigenvalue weighted by Crippen LogP contribution is 2.49. The Bertz CT molecular complexity index is 2320. The van der Waals surface area contributed by atoms with Crippen molar-refractivity contribution in [2.75, 3.05) is 27.4 Å². The minimum absolute atomic E-state index is 0.00799. The molecule has 0 spiro atoms. The van der Waals surface area contributed by atoms with Gasteiger partial charge in [0.1, 0.15) is 78.1 Å². The highest BCUT2D eigenvalue weighted by Gasteiger charge is 2.50. The van der Waals surface area contributed by atoms with Crippen LogP contribution in [0.1, 0.15) is 29.7 Å². The van der Waals surface area contributed by atoms with Gasteiger partial charge in [-0.3, -0.25) is 0 Å². The van der Waals surface area contributed by atoms with Gasteiger partial charge in [-0.1, -0.05) is 6.07 Å². The summed E-state index contributed by atoms with van der Waals surface area (Å²) in [6.45, 7) is -0.0232. The molecule has 0 bridgehead atoms. The van der Waals surface area contributed by atoms with Gasteiger partial charge in [-0.15, -0.1) is 0 Å². The minimum atomic E-state index is -1.99. The molecule has 372 valence electrons. The van der Waals surface area contributed by atoms with Crippen LogP contribution in [0.4, 0.5) is 0 Å². The van der Waals surface area contributed by atoms with Crippen LogP contribution < -0.4 is 14.2 Å². The summed E-state index contributed by atoms with van der Waals surface area (Å²) in [5.41, 5.74) is 0.578. The van der Waals surface area contributed by atoms with E-state index in [1.54, 1.807) is 0 Å². The van der Waals surface area contributed by atoms with Gasteiger partial charge in [-0.25, -0.2) is 4.79 Å². The Morgan fingerprint density at radius 3 is 2.01 bits per heavy atom. The number of phenols is 4. The average Bonchev–Trinajstić information content (AvgIpc) is 3.32. The maximum Gasteiger partial charge on any atom is 0.331 e. The van der Waals surface area contributed by atoms with Gasteiger partial charge in [-0.2, -0.15) is 0 Å². The van der Waals surface area contributed by atoms with Crippen LogP contribution in [-0.4, -0.2) is 197 Å². The van der Waals surface area contributed by atoms with E-state index in [0.29, 0.717) is 5.56 Å². The van der Waals surface area contributed by atoms with Crippen LogP contribution in [0.15, 0.2) is 54.3 Å². The quantitative estimate of drug-likeness (QED) is 0.0359. The van der Waals surface area contributed by atoms with Gasteiger partial charge in [0.15, 0.2) is 41.2 Å². The lowest BCUT2D eigenvalue weighted by atomic mass is 9.97. The lowest BCUT2D eigenvalue weighted by molar-refractivity contribution is -0.325. The number of carbonyl (C=O) groups excluding carboxylic acids is 1. The molecule has 68 heavy (non-hydrogen) atoms. The number of aliphatic hydroxyl groups excluding tert-OH is 9. The third-order valence-electron chi connectivity index (χ3n) is 11.6. The zero-order chi connectivity index (χ0) is 49.3. The number of phenolic OH excluding ortho intramolecular Hbond substituents is 4. The molecular formula is C44H53O24+. The zero-order valence-corrected chi connectivity index (χ0v) is 36.3. The number of ether oxygens (including phenoxy) is 10. The van der Waals surface area contributed by atoms with E-state index in [2.05, 4.69) is 4.74 Å². The molecule has 3 aromatic rings. The molecule has 4 aliphatic heterocycles. The number of esters is 1. The molecule has 0 aliphatic carbocycles. The first-order valence-electron chi connectivity index (χ1n) is 21.0. The van der Waals surface area contributed by atoms with Crippen LogP contribution in [0.25, 0.3) is 12.2 Å². The van der Waals surface area contributed by atoms with E-state index in [1.165, 1.54) is 63.6 Å². The molecule has 0 amide bonds. The minimum Gasteiger partial charge on any atom is -0.571 e. The van der Waals surface area contributed by atoms with Gasteiger partial charge in [0, 0.05) is 18.2 Å². The Hall–Kier alpha value is -5.71. The molecule has 3 saturated heterocycles. The fourth-order valence-corrected chi connectivity index (χ4v) is 7.84.